The number of carboxylic acids is 1. The molecule has 4 saturated carbocycles. The lowest BCUT2D eigenvalue weighted by atomic mass is 9.33. The van der Waals surface area contributed by atoms with Gasteiger partial charge in [0.2, 0.25) is 0 Å². The van der Waals surface area contributed by atoms with Gasteiger partial charge >= 0.3 is 5.97 Å². The van der Waals surface area contributed by atoms with Gasteiger partial charge in [0.05, 0.1) is 18.1 Å². The lowest BCUT2D eigenvalue weighted by Crippen LogP contribution is -2.67. The predicted octanol–water partition coefficient (Wildman–Crippen LogP) is 4.69. The maximum atomic E-state index is 13.0. The highest BCUT2D eigenvalue weighted by molar-refractivity contribution is 5.76. The number of aliphatic hydroxyl groups excluding tert-OH is 5. The molecule has 5 fully saturated rings. The summed E-state index contributed by atoms with van der Waals surface area (Å²) < 4.78 is 5.85. The molecule has 0 aromatic rings. The van der Waals surface area contributed by atoms with Crippen LogP contribution in [0.5, 0.6) is 0 Å². The van der Waals surface area contributed by atoms with Crippen LogP contribution in [0.3, 0.4) is 0 Å². The second-order valence-electron chi connectivity index (χ2n) is 18.4. The summed E-state index contributed by atoms with van der Waals surface area (Å²) in [7, 11) is 0. The van der Waals surface area contributed by atoms with Crippen LogP contribution in [-0.4, -0.2) is 79.8 Å². The highest BCUT2D eigenvalue weighted by Crippen LogP contribution is 2.76. The molecule has 14 atom stereocenters. The van der Waals surface area contributed by atoms with Crippen LogP contribution < -0.4 is 0 Å². The molecule has 0 radical (unpaired) electrons. The van der Waals surface area contributed by atoms with Crippen molar-refractivity contribution in [3.05, 3.63) is 11.6 Å². The van der Waals surface area contributed by atoms with Crippen molar-refractivity contribution in [3.63, 3.8) is 0 Å². The molecule has 0 amide bonds. The number of carboxylic acid groups (broad SMARTS) is 1. The monoisotopic (exact) mass is 632 g/mol. The first kappa shape index (κ1) is 33.9. The molecule has 1 heterocycles. The summed E-state index contributed by atoms with van der Waals surface area (Å²) in [4.78, 5) is 13.0. The molecule has 6 N–H and O–H groups in total. The van der Waals surface area contributed by atoms with Crippen LogP contribution in [-0.2, 0) is 9.53 Å². The van der Waals surface area contributed by atoms with Crippen molar-refractivity contribution in [2.45, 2.75) is 149 Å². The van der Waals surface area contributed by atoms with Gasteiger partial charge in [0.15, 0.2) is 0 Å². The third-order valence-corrected chi connectivity index (χ3v) is 15.9. The zero-order valence-electron chi connectivity index (χ0n) is 28.6. The maximum Gasteiger partial charge on any atom is 0.310 e. The van der Waals surface area contributed by atoms with E-state index in [-0.39, 0.29) is 38.9 Å². The van der Waals surface area contributed by atoms with Crippen LogP contribution >= 0.6 is 0 Å². The predicted molar refractivity (Wildman–Crippen MR) is 170 cm³/mol. The number of allylic oxidation sites excluding steroid dienone is 2. The number of ether oxygens (including phenoxy) is 1. The number of aliphatic carboxylic acids is 1. The third kappa shape index (κ3) is 4.55. The number of fused-ring (bicyclic) bond motifs is 7. The number of hydrogen-bond donors (Lipinski definition) is 6. The van der Waals surface area contributed by atoms with E-state index in [1.54, 1.807) is 0 Å². The van der Waals surface area contributed by atoms with Gasteiger partial charge in [-0.2, -0.15) is 0 Å². The van der Waals surface area contributed by atoms with Gasteiger partial charge < -0.3 is 35.4 Å². The van der Waals surface area contributed by atoms with Crippen molar-refractivity contribution in [1.29, 1.82) is 0 Å². The molecule has 0 spiro atoms. The molecule has 45 heavy (non-hydrogen) atoms. The largest absolute Gasteiger partial charge is 0.481 e. The Bertz CT molecular complexity index is 1210. The van der Waals surface area contributed by atoms with Crippen LogP contribution in [0.4, 0.5) is 0 Å². The van der Waals surface area contributed by atoms with Gasteiger partial charge in [-0.25, -0.2) is 0 Å². The van der Waals surface area contributed by atoms with E-state index in [4.69, 9.17) is 4.74 Å². The van der Waals surface area contributed by atoms with Crippen LogP contribution in [0.1, 0.15) is 113 Å². The topological polar surface area (TPSA) is 148 Å². The fourth-order valence-electron chi connectivity index (χ4n) is 12.9. The Labute approximate surface area is 269 Å². The quantitative estimate of drug-likeness (QED) is 0.245. The van der Waals surface area contributed by atoms with Crippen molar-refractivity contribution >= 4 is 5.97 Å². The molecule has 8 nitrogen and oxygen atoms in total. The van der Waals surface area contributed by atoms with E-state index in [1.807, 2.05) is 0 Å². The van der Waals surface area contributed by atoms with Crippen LogP contribution in [0.2, 0.25) is 0 Å². The summed E-state index contributed by atoms with van der Waals surface area (Å²) in [6, 6.07) is 0. The number of carbonyl (C=O) groups is 1. The second-order valence-corrected chi connectivity index (χ2v) is 18.4. The molecule has 1 aliphatic heterocycles. The fraction of sp³-hybridized carbons (Fsp3) is 0.919. The summed E-state index contributed by atoms with van der Waals surface area (Å²) in [5.41, 5.74) is 0.609. The molecule has 0 aromatic carbocycles. The zero-order valence-corrected chi connectivity index (χ0v) is 28.6. The van der Waals surface area contributed by atoms with Crippen LogP contribution in [0.15, 0.2) is 11.6 Å². The average molecular weight is 633 g/mol. The van der Waals surface area contributed by atoms with E-state index in [9.17, 15) is 35.4 Å². The lowest BCUT2D eigenvalue weighted by molar-refractivity contribution is -0.267. The van der Waals surface area contributed by atoms with Crippen molar-refractivity contribution in [2.75, 3.05) is 6.61 Å². The summed E-state index contributed by atoms with van der Waals surface area (Å²) in [6.07, 6.45) is 3.91. The van der Waals surface area contributed by atoms with Crippen molar-refractivity contribution in [2.24, 2.45) is 56.2 Å². The molecular formula is C37H60O8. The Kier molecular flexibility index (Phi) is 8.08. The minimum atomic E-state index is -1.50. The van der Waals surface area contributed by atoms with E-state index >= 15 is 0 Å². The van der Waals surface area contributed by atoms with Crippen molar-refractivity contribution in [1.82, 2.24) is 0 Å². The highest BCUT2D eigenvalue weighted by atomic mass is 16.6. The Morgan fingerprint density at radius 1 is 0.889 bits per heavy atom. The lowest BCUT2D eigenvalue weighted by Gasteiger charge is -2.71. The number of hydrogen-bond acceptors (Lipinski definition) is 7. The van der Waals surface area contributed by atoms with Gasteiger partial charge in [0, 0.05) is 0 Å². The number of rotatable bonds is 4. The Hall–Kier alpha value is -1.03. The average Bonchev–Trinajstić information content (AvgIpc) is 2.95. The minimum absolute atomic E-state index is 0.0142. The van der Waals surface area contributed by atoms with Gasteiger partial charge in [0.25, 0.3) is 0 Å². The van der Waals surface area contributed by atoms with E-state index in [0.29, 0.717) is 11.8 Å². The Morgan fingerprint density at radius 2 is 1.56 bits per heavy atom. The minimum Gasteiger partial charge on any atom is -0.481 e. The molecule has 256 valence electrons. The zero-order chi connectivity index (χ0) is 33.1. The van der Waals surface area contributed by atoms with Gasteiger partial charge in [-0.3, -0.25) is 4.79 Å². The standard InChI is InChI=1S/C37H60O8/c1-32(2)14-16-37(31(43)44)17-15-35(6)20(22(37)18-32)8-9-25-34(5)12-10-21(33(3,4)24(34)11-13-36(25,35)7)26(39)30-29(42)28(41)27(40)23(19-38)45-30/h8,21-30,38-42H,9-19H2,1-7H3,(H,43,44)/t21-,22?,23?,24?,25?,26+,27-,28?,29-,30-,34+,35-,36-,37+/m1/s1. The molecule has 1 saturated heterocycles. The Balaban J connectivity index is 1.31. The third-order valence-electron chi connectivity index (χ3n) is 15.9. The molecule has 6 aliphatic rings. The van der Waals surface area contributed by atoms with Crippen molar-refractivity contribution in [3.8, 4) is 0 Å². The molecule has 0 bridgehead atoms. The first-order valence-electron chi connectivity index (χ1n) is 17.7. The number of aliphatic hydroxyl groups is 5. The van der Waals surface area contributed by atoms with Gasteiger partial charge in [0.1, 0.15) is 30.5 Å². The first-order valence-corrected chi connectivity index (χ1v) is 17.7. The van der Waals surface area contributed by atoms with E-state index in [2.05, 4.69) is 54.5 Å². The molecule has 6 rings (SSSR count). The molecule has 8 heteroatoms. The molecule has 5 unspecified atom stereocenters. The van der Waals surface area contributed by atoms with Crippen LogP contribution in [0, 0.1) is 56.2 Å². The summed E-state index contributed by atoms with van der Waals surface area (Å²) in [6.45, 7) is 16.0. The summed E-state index contributed by atoms with van der Waals surface area (Å²) >= 11 is 0. The van der Waals surface area contributed by atoms with E-state index in [1.165, 1.54) is 5.57 Å². The summed E-state index contributed by atoms with van der Waals surface area (Å²) in [5.74, 6) is 0.0295. The SMILES string of the molecule is CC1(C)CC[C@]2(C(=O)O)CC[C@]3(C)C(=CCC4[C@@]5(C)CC[C@H]([C@H](O)[C@H]6OC(CO)[C@@H](O)C(O)[C@H]6O)C(C)(C)C5CC[C@]43C)C2C1. The fourth-order valence-corrected chi connectivity index (χ4v) is 12.9. The summed E-state index contributed by atoms with van der Waals surface area (Å²) in [5, 5.41) is 63.8. The van der Waals surface area contributed by atoms with Crippen molar-refractivity contribution < 1.29 is 40.2 Å². The van der Waals surface area contributed by atoms with Gasteiger partial charge in [-0.1, -0.05) is 60.1 Å². The second kappa shape index (κ2) is 10.7. The van der Waals surface area contributed by atoms with Gasteiger partial charge in [-0.15, -0.1) is 0 Å². The molecule has 0 aromatic heterocycles. The maximum absolute atomic E-state index is 13.0. The Morgan fingerprint density at radius 3 is 2.20 bits per heavy atom. The highest BCUT2D eigenvalue weighted by Gasteiger charge is 2.70. The van der Waals surface area contributed by atoms with E-state index < -0.39 is 54.6 Å². The van der Waals surface area contributed by atoms with Gasteiger partial charge in [-0.05, 0) is 115 Å². The first-order chi connectivity index (χ1) is 20.8. The smallest absolute Gasteiger partial charge is 0.310 e. The van der Waals surface area contributed by atoms with E-state index in [0.717, 1.165) is 64.2 Å². The molecule has 5 aliphatic carbocycles. The molecular weight excluding hydrogens is 572 g/mol. The normalized spacial score (nSPS) is 52.7. The van der Waals surface area contributed by atoms with Crippen LogP contribution in [0.25, 0.3) is 0 Å².